The van der Waals surface area contributed by atoms with E-state index in [1.165, 1.54) is 14.0 Å². The molecule has 1 unspecified atom stereocenters. The van der Waals surface area contributed by atoms with Crippen molar-refractivity contribution in [3.8, 4) is 0 Å². The van der Waals surface area contributed by atoms with Crippen LogP contribution in [0.1, 0.15) is 31.7 Å². The van der Waals surface area contributed by atoms with Crippen LogP contribution in [0.5, 0.6) is 0 Å². The van der Waals surface area contributed by atoms with E-state index in [4.69, 9.17) is 0 Å². The zero-order chi connectivity index (χ0) is 13.6. The molecule has 0 aromatic heterocycles. The first-order valence-electron chi connectivity index (χ1n) is 5.86. The van der Waals surface area contributed by atoms with Crippen molar-refractivity contribution in [3.63, 3.8) is 0 Å². The SMILES string of the molecule is COC(=O)CCCC(=O)C(C)(O)c1ccccc1. The molecule has 0 amide bonds. The molecule has 4 heteroatoms. The maximum Gasteiger partial charge on any atom is 0.305 e. The largest absolute Gasteiger partial charge is 0.469 e. The number of carbonyl (C=O) groups is 2. The van der Waals surface area contributed by atoms with E-state index in [2.05, 4.69) is 4.74 Å². The van der Waals surface area contributed by atoms with Gasteiger partial charge in [-0.2, -0.15) is 0 Å². The van der Waals surface area contributed by atoms with Gasteiger partial charge in [-0.25, -0.2) is 0 Å². The van der Waals surface area contributed by atoms with Crippen molar-refractivity contribution in [1.82, 2.24) is 0 Å². The second-order valence-electron chi connectivity index (χ2n) is 4.29. The predicted octanol–water partition coefficient (Wildman–Crippen LogP) is 1.81. The van der Waals surface area contributed by atoms with Gasteiger partial charge in [0.05, 0.1) is 7.11 Å². The fourth-order valence-electron chi connectivity index (χ4n) is 1.66. The van der Waals surface area contributed by atoms with Gasteiger partial charge in [0, 0.05) is 12.8 Å². The lowest BCUT2D eigenvalue weighted by Gasteiger charge is -2.22. The van der Waals surface area contributed by atoms with E-state index >= 15 is 0 Å². The summed E-state index contributed by atoms with van der Waals surface area (Å²) >= 11 is 0. The number of methoxy groups -OCH3 is 1. The third-order valence-corrected chi connectivity index (χ3v) is 2.89. The summed E-state index contributed by atoms with van der Waals surface area (Å²) < 4.78 is 4.49. The quantitative estimate of drug-likeness (QED) is 0.782. The maximum atomic E-state index is 11.9. The molecule has 0 saturated heterocycles. The highest BCUT2D eigenvalue weighted by Crippen LogP contribution is 2.23. The van der Waals surface area contributed by atoms with Gasteiger partial charge in [0.15, 0.2) is 5.78 Å². The first-order chi connectivity index (χ1) is 8.48. The van der Waals surface area contributed by atoms with Crippen LogP contribution in [0.2, 0.25) is 0 Å². The van der Waals surface area contributed by atoms with Gasteiger partial charge in [-0.1, -0.05) is 30.3 Å². The number of hydrogen-bond donors (Lipinski definition) is 1. The van der Waals surface area contributed by atoms with Crippen LogP contribution in [0.15, 0.2) is 30.3 Å². The number of ketones is 1. The Balaban J connectivity index is 2.58. The third-order valence-electron chi connectivity index (χ3n) is 2.89. The zero-order valence-electron chi connectivity index (χ0n) is 10.7. The Kier molecular flexibility index (Phi) is 5.04. The van der Waals surface area contributed by atoms with Crippen molar-refractivity contribution < 1.29 is 19.4 Å². The van der Waals surface area contributed by atoms with E-state index in [0.717, 1.165) is 0 Å². The number of aliphatic hydroxyl groups is 1. The molecular formula is C14H18O4. The minimum Gasteiger partial charge on any atom is -0.469 e. The van der Waals surface area contributed by atoms with Crippen LogP contribution in [-0.2, 0) is 19.9 Å². The highest BCUT2D eigenvalue weighted by molar-refractivity contribution is 5.88. The molecule has 98 valence electrons. The van der Waals surface area contributed by atoms with E-state index in [1.54, 1.807) is 24.3 Å². The van der Waals surface area contributed by atoms with Crippen LogP contribution < -0.4 is 0 Å². The van der Waals surface area contributed by atoms with Gasteiger partial charge in [-0.3, -0.25) is 9.59 Å². The lowest BCUT2D eigenvalue weighted by Crippen LogP contribution is -2.32. The van der Waals surface area contributed by atoms with Crippen LogP contribution >= 0.6 is 0 Å². The Morgan fingerprint density at radius 1 is 1.22 bits per heavy atom. The third kappa shape index (κ3) is 3.67. The summed E-state index contributed by atoms with van der Waals surface area (Å²) in [6.45, 7) is 1.48. The second-order valence-corrected chi connectivity index (χ2v) is 4.29. The summed E-state index contributed by atoms with van der Waals surface area (Å²) in [4.78, 5) is 22.8. The summed E-state index contributed by atoms with van der Waals surface area (Å²) in [5.41, 5.74) is -0.940. The summed E-state index contributed by atoms with van der Waals surface area (Å²) in [7, 11) is 1.31. The Hall–Kier alpha value is -1.68. The summed E-state index contributed by atoms with van der Waals surface area (Å²) in [6, 6.07) is 8.77. The minimum absolute atomic E-state index is 0.150. The average molecular weight is 250 g/mol. The maximum absolute atomic E-state index is 11.9. The minimum atomic E-state index is -1.50. The van der Waals surface area contributed by atoms with Gasteiger partial charge in [0.1, 0.15) is 5.60 Å². The summed E-state index contributed by atoms with van der Waals surface area (Å²) in [5.74, 6) is -0.639. The molecule has 0 aliphatic rings. The average Bonchev–Trinajstić information content (AvgIpc) is 2.39. The molecule has 0 aliphatic carbocycles. The monoisotopic (exact) mass is 250 g/mol. The van der Waals surface area contributed by atoms with Gasteiger partial charge < -0.3 is 9.84 Å². The number of rotatable bonds is 6. The molecule has 1 aromatic carbocycles. The molecule has 0 radical (unpaired) electrons. The Morgan fingerprint density at radius 3 is 2.39 bits per heavy atom. The van der Waals surface area contributed by atoms with E-state index < -0.39 is 5.60 Å². The van der Waals surface area contributed by atoms with Gasteiger partial charge in [0.2, 0.25) is 0 Å². The van der Waals surface area contributed by atoms with Gasteiger partial charge in [-0.15, -0.1) is 0 Å². The van der Waals surface area contributed by atoms with Crippen LogP contribution in [0, 0.1) is 0 Å². The van der Waals surface area contributed by atoms with Crippen LogP contribution in [-0.4, -0.2) is 24.0 Å². The number of hydrogen-bond acceptors (Lipinski definition) is 4. The van der Waals surface area contributed by atoms with Crippen LogP contribution in [0.25, 0.3) is 0 Å². The molecule has 4 nitrogen and oxygen atoms in total. The van der Waals surface area contributed by atoms with Crippen molar-refractivity contribution in [2.45, 2.75) is 31.8 Å². The van der Waals surface area contributed by atoms with E-state index in [1.807, 2.05) is 6.07 Å². The van der Waals surface area contributed by atoms with Gasteiger partial charge in [0.25, 0.3) is 0 Å². The zero-order valence-corrected chi connectivity index (χ0v) is 10.7. The van der Waals surface area contributed by atoms with Crippen LogP contribution in [0.4, 0.5) is 0 Å². The van der Waals surface area contributed by atoms with Crippen molar-refractivity contribution in [2.75, 3.05) is 7.11 Å². The summed E-state index contributed by atoms with van der Waals surface area (Å²) in [5, 5.41) is 10.2. The Morgan fingerprint density at radius 2 is 1.83 bits per heavy atom. The van der Waals surface area contributed by atoms with Crippen LogP contribution in [0.3, 0.4) is 0 Å². The first-order valence-corrected chi connectivity index (χ1v) is 5.86. The topological polar surface area (TPSA) is 63.6 Å². The lowest BCUT2D eigenvalue weighted by molar-refractivity contribution is -0.141. The molecule has 1 aromatic rings. The van der Waals surface area contributed by atoms with Crippen molar-refractivity contribution >= 4 is 11.8 Å². The standard InChI is InChI=1S/C14H18O4/c1-14(17,11-7-4-3-5-8-11)12(15)9-6-10-13(16)18-2/h3-5,7-8,17H,6,9-10H2,1-2H3. The van der Waals surface area contributed by atoms with Gasteiger partial charge in [-0.05, 0) is 18.9 Å². The highest BCUT2D eigenvalue weighted by atomic mass is 16.5. The summed E-state index contributed by atoms with van der Waals surface area (Å²) in [6.07, 6.45) is 0.721. The molecular weight excluding hydrogens is 232 g/mol. The van der Waals surface area contributed by atoms with Gasteiger partial charge >= 0.3 is 5.97 Å². The predicted molar refractivity (Wildman–Crippen MR) is 66.9 cm³/mol. The normalized spacial score (nSPS) is 13.7. The molecule has 0 heterocycles. The number of benzene rings is 1. The number of Topliss-reactive ketones (excluding diaryl/α,β-unsaturated/α-hetero) is 1. The lowest BCUT2D eigenvalue weighted by atomic mass is 9.89. The fraction of sp³-hybridized carbons (Fsp3) is 0.429. The fourth-order valence-corrected chi connectivity index (χ4v) is 1.66. The molecule has 0 fully saturated rings. The van der Waals surface area contributed by atoms with Crippen molar-refractivity contribution in [2.24, 2.45) is 0 Å². The molecule has 1 atom stereocenters. The Bertz CT molecular complexity index is 409. The van der Waals surface area contributed by atoms with E-state index in [9.17, 15) is 14.7 Å². The number of esters is 1. The van der Waals surface area contributed by atoms with E-state index in [0.29, 0.717) is 12.0 Å². The molecule has 0 aliphatic heterocycles. The number of ether oxygens (including phenoxy) is 1. The Labute approximate surface area is 107 Å². The molecule has 1 rings (SSSR count). The van der Waals surface area contributed by atoms with Crippen molar-refractivity contribution in [1.29, 1.82) is 0 Å². The van der Waals surface area contributed by atoms with Crippen molar-refractivity contribution in [3.05, 3.63) is 35.9 Å². The van der Waals surface area contributed by atoms with E-state index in [-0.39, 0.29) is 24.6 Å². The molecule has 0 bridgehead atoms. The molecule has 0 saturated carbocycles. The second kappa shape index (κ2) is 6.31. The highest BCUT2D eigenvalue weighted by Gasteiger charge is 2.31. The first kappa shape index (κ1) is 14.4. The molecule has 0 spiro atoms. The number of carbonyl (C=O) groups excluding carboxylic acids is 2. The molecule has 1 N–H and O–H groups in total. The molecule has 18 heavy (non-hydrogen) atoms. The smallest absolute Gasteiger partial charge is 0.305 e.